The minimum absolute atomic E-state index is 0.0466. The Morgan fingerprint density at radius 2 is 1.74 bits per heavy atom. The van der Waals surface area contributed by atoms with Crippen molar-refractivity contribution in [2.45, 2.75) is 12.7 Å². The van der Waals surface area contributed by atoms with Crippen LogP contribution in [0, 0.1) is 0 Å². The number of carbonyl (C=O) groups is 1. The fourth-order valence-corrected chi connectivity index (χ4v) is 3.16. The highest BCUT2D eigenvalue weighted by molar-refractivity contribution is 8.02. The number of ether oxygens (including phenoxy) is 1. The van der Waals surface area contributed by atoms with Crippen LogP contribution in [0.25, 0.3) is 17.0 Å². The normalized spacial score (nSPS) is 11.7. The van der Waals surface area contributed by atoms with E-state index in [1.807, 2.05) is 60.7 Å². The molecule has 2 aromatic carbocycles. The quantitative estimate of drug-likeness (QED) is 0.491. The summed E-state index contributed by atoms with van der Waals surface area (Å²) in [5, 5.41) is 8.31. The van der Waals surface area contributed by atoms with Crippen molar-refractivity contribution in [1.29, 1.82) is 0 Å². The van der Waals surface area contributed by atoms with Crippen LogP contribution in [-0.2, 0) is 15.3 Å². The van der Waals surface area contributed by atoms with Crippen LogP contribution in [-0.4, -0.2) is 22.8 Å². The Morgan fingerprint density at radius 1 is 1.07 bits per heavy atom. The van der Waals surface area contributed by atoms with Crippen LogP contribution >= 0.6 is 11.8 Å². The molecular weight excluding hydrogens is 362 g/mol. The van der Waals surface area contributed by atoms with E-state index in [0.29, 0.717) is 11.6 Å². The van der Waals surface area contributed by atoms with Crippen molar-refractivity contribution < 1.29 is 13.9 Å². The summed E-state index contributed by atoms with van der Waals surface area (Å²) < 4.78 is 10.8. The molecule has 0 aliphatic heterocycles. The summed E-state index contributed by atoms with van der Waals surface area (Å²) in [7, 11) is 0. The van der Waals surface area contributed by atoms with Crippen molar-refractivity contribution in [1.82, 2.24) is 10.2 Å². The molecule has 0 atom stereocenters. The van der Waals surface area contributed by atoms with Gasteiger partial charge in [0.15, 0.2) is 5.57 Å². The maximum absolute atomic E-state index is 12.4. The molecule has 138 valence electrons. The topological polar surface area (TPSA) is 91.2 Å². The summed E-state index contributed by atoms with van der Waals surface area (Å²) in [5.41, 5.74) is 8.13. The minimum Gasteiger partial charge on any atom is -0.462 e. The molecule has 0 saturated carbocycles. The standard InChI is InChI=1S/C20H19N3O3S/c1-2-25-20(24)16(17(21)27-13-14-9-5-3-6-10-14)19-23-22-18(26-19)15-11-7-4-8-12-15/h3-12H,2,13,21H2,1H3/b17-16+. The first-order chi connectivity index (χ1) is 13.2. The number of hydrogen-bond donors (Lipinski definition) is 1. The van der Waals surface area contributed by atoms with Gasteiger partial charge >= 0.3 is 5.97 Å². The molecule has 2 N–H and O–H groups in total. The van der Waals surface area contributed by atoms with E-state index in [2.05, 4.69) is 10.2 Å². The smallest absolute Gasteiger partial charge is 0.346 e. The van der Waals surface area contributed by atoms with Crippen molar-refractivity contribution in [2.75, 3.05) is 6.61 Å². The SMILES string of the molecule is CCOC(=O)/C(=C(\N)SCc1ccccc1)c1nnc(-c2ccccc2)o1. The fourth-order valence-electron chi connectivity index (χ4n) is 2.33. The zero-order valence-electron chi connectivity index (χ0n) is 14.8. The lowest BCUT2D eigenvalue weighted by molar-refractivity contribution is -0.136. The van der Waals surface area contributed by atoms with Gasteiger partial charge in [0.05, 0.1) is 11.6 Å². The maximum Gasteiger partial charge on any atom is 0.346 e. The van der Waals surface area contributed by atoms with Gasteiger partial charge in [-0.25, -0.2) is 4.79 Å². The van der Waals surface area contributed by atoms with Gasteiger partial charge < -0.3 is 14.9 Å². The number of benzene rings is 2. The van der Waals surface area contributed by atoms with E-state index in [1.165, 1.54) is 11.8 Å². The van der Waals surface area contributed by atoms with Crippen molar-refractivity contribution in [3.63, 3.8) is 0 Å². The molecule has 0 spiro atoms. The van der Waals surface area contributed by atoms with Gasteiger partial charge in [0.2, 0.25) is 5.89 Å². The Morgan fingerprint density at radius 3 is 2.41 bits per heavy atom. The highest BCUT2D eigenvalue weighted by Gasteiger charge is 2.24. The lowest BCUT2D eigenvalue weighted by Gasteiger charge is -2.08. The van der Waals surface area contributed by atoms with Crippen LogP contribution in [0.1, 0.15) is 18.4 Å². The average molecular weight is 381 g/mol. The van der Waals surface area contributed by atoms with Crippen molar-refractivity contribution in [2.24, 2.45) is 5.73 Å². The molecule has 0 bridgehead atoms. The molecule has 0 radical (unpaired) electrons. The van der Waals surface area contributed by atoms with Gasteiger partial charge in [-0.3, -0.25) is 0 Å². The van der Waals surface area contributed by atoms with Crippen molar-refractivity contribution in [3.05, 3.63) is 77.1 Å². The molecule has 0 aliphatic carbocycles. The van der Waals surface area contributed by atoms with Crippen molar-refractivity contribution >= 4 is 23.3 Å². The van der Waals surface area contributed by atoms with E-state index in [0.717, 1.165) is 11.1 Å². The largest absolute Gasteiger partial charge is 0.462 e. The second kappa shape index (κ2) is 9.05. The first-order valence-corrected chi connectivity index (χ1v) is 9.40. The van der Waals surface area contributed by atoms with Crippen molar-refractivity contribution in [3.8, 4) is 11.5 Å². The number of nitrogens with zero attached hydrogens (tertiary/aromatic N) is 2. The molecule has 0 saturated heterocycles. The third kappa shape index (κ3) is 4.77. The zero-order valence-corrected chi connectivity index (χ0v) is 15.6. The lowest BCUT2D eigenvalue weighted by Crippen LogP contribution is -2.12. The highest BCUT2D eigenvalue weighted by Crippen LogP contribution is 2.28. The van der Waals surface area contributed by atoms with Gasteiger partial charge in [0, 0.05) is 11.3 Å². The van der Waals surface area contributed by atoms with Gasteiger partial charge in [-0.15, -0.1) is 22.0 Å². The number of rotatable bonds is 7. The summed E-state index contributed by atoms with van der Waals surface area (Å²) in [5.74, 6) is 0.382. The van der Waals surface area contributed by atoms with Crippen LogP contribution in [0.2, 0.25) is 0 Å². The summed E-state index contributed by atoms with van der Waals surface area (Å²) in [6.45, 7) is 1.95. The average Bonchev–Trinajstić information content (AvgIpc) is 3.18. The van der Waals surface area contributed by atoms with Crippen LogP contribution in [0.15, 0.2) is 70.1 Å². The molecule has 3 rings (SSSR count). The van der Waals surface area contributed by atoms with Gasteiger partial charge in [-0.2, -0.15) is 0 Å². The molecular formula is C20H19N3O3S. The fraction of sp³-hybridized carbons (Fsp3) is 0.150. The Hall–Kier alpha value is -3.06. The number of esters is 1. The summed E-state index contributed by atoms with van der Waals surface area (Å²) in [6, 6.07) is 19.1. The van der Waals surface area contributed by atoms with E-state index >= 15 is 0 Å². The molecule has 1 heterocycles. The van der Waals surface area contributed by atoms with E-state index < -0.39 is 5.97 Å². The van der Waals surface area contributed by atoms with Crippen LogP contribution in [0.3, 0.4) is 0 Å². The highest BCUT2D eigenvalue weighted by atomic mass is 32.2. The van der Waals surface area contributed by atoms with Gasteiger partial charge in [-0.1, -0.05) is 48.5 Å². The Bertz CT molecular complexity index is 924. The van der Waals surface area contributed by atoms with Crippen LogP contribution in [0.4, 0.5) is 0 Å². The zero-order chi connectivity index (χ0) is 19.1. The molecule has 6 nitrogen and oxygen atoms in total. The van der Waals surface area contributed by atoms with E-state index in [-0.39, 0.29) is 23.1 Å². The molecule has 1 aromatic heterocycles. The number of nitrogens with two attached hydrogens (primary N) is 1. The molecule has 0 unspecified atom stereocenters. The molecule has 0 fully saturated rings. The summed E-state index contributed by atoms with van der Waals surface area (Å²) >= 11 is 1.32. The molecule has 3 aromatic rings. The Kier molecular flexibility index (Phi) is 6.27. The van der Waals surface area contributed by atoms with E-state index in [1.54, 1.807) is 6.92 Å². The minimum atomic E-state index is -0.584. The maximum atomic E-state index is 12.4. The Labute approximate surface area is 161 Å². The molecule has 0 amide bonds. The third-order valence-electron chi connectivity index (χ3n) is 3.62. The number of carbonyl (C=O) groups excluding carboxylic acids is 1. The number of aromatic nitrogens is 2. The Balaban J connectivity index is 1.89. The number of thioether (sulfide) groups is 1. The van der Waals surface area contributed by atoms with Gasteiger partial charge in [0.1, 0.15) is 0 Å². The predicted octanol–water partition coefficient (Wildman–Crippen LogP) is 3.86. The first kappa shape index (κ1) is 18.7. The van der Waals surface area contributed by atoms with Crippen LogP contribution < -0.4 is 5.73 Å². The molecule has 0 aliphatic rings. The van der Waals surface area contributed by atoms with Crippen LogP contribution in [0.5, 0.6) is 0 Å². The first-order valence-electron chi connectivity index (χ1n) is 8.42. The summed E-state index contributed by atoms with van der Waals surface area (Å²) in [4.78, 5) is 12.4. The van der Waals surface area contributed by atoms with E-state index in [9.17, 15) is 4.79 Å². The van der Waals surface area contributed by atoms with E-state index in [4.69, 9.17) is 14.9 Å². The monoisotopic (exact) mass is 381 g/mol. The molecule has 27 heavy (non-hydrogen) atoms. The lowest BCUT2D eigenvalue weighted by atomic mass is 10.2. The molecule has 7 heteroatoms. The second-order valence-electron chi connectivity index (χ2n) is 5.51. The third-order valence-corrected chi connectivity index (χ3v) is 4.62. The van der Waals surface area contributed by atoms with Gasteiger partial charge in [-0.05, 0) is 24.6 Å². The van der Waals surface area contributed by atoms with Gasteiger partial charge in [0.25, 0.3) is 5.89 Å². The summed E-state index contributed by atoms with van der Waals surface area (Å²) in [6.07, 6.45) is 0. The predicted molar refractivity (Wildman–Crippen MR) is 105 cm³/mol. The number of hydrogen-bond acceptors (Lipinski definition) is 7. The second-order valence-corrected chi connectivity index (χ2v) is 6.53.